The molecule has 16 heteroatoms. The first-order chi connectivity index (χ1) is 20.5. The maximum Gasteiger partial charge on any atom is 0.333 e. The van der Waals surface area contributed by atoms with Gasteiger partial charge in [-0.3, -0.25) is 14.4 Å². The minimum absolute atomic E-state index is 0.00141. The molecule has 246 valence electrons. The Morgan fingerprint density at radius 2 is 1.53 bits per heavy atom. The van der Waals surface area contributed by atoms with E-state index in [2.05, 4.69) is 0 Å². The van der Waals surface area contributed by atoms with Gasteiger partial charge in [-0.25, -0.2) is 4.79 Å². The Labute approximate surface area is 249 Å². The zero-order chi connectivity index (χ0) is 31.5. The number of aliphatic hydroxyl groups excluding tert-OH is 5. The molecule has 0 radical (unpaired) electrons. The third-order valence-corrected chi connectivity index (χ3v) is 7.47. The minimum Gasteiger partial charge on any atom is -0.394 e. The van der Waals surface area contributed by atoms with Crippen LogP contribution in [-0.4, -0.2) is 141 Å². The molecule has 3 rings (SSSR count). The predicted octanol–water partition coefficient (Wildman–Crippen LogP) is -1.91. The summed E-state index contributed by atoms with van der Waals surface area (Å²) in [5.41, 5.74) is 0. The Hall–Kier alpha value is -2.28. The van der Waals surface area contributed by atoms with E-state index in [4.69, 9.17) is 23.8 Å². The first-order valence-electron chi connectivity index (χ1n) is 14.7. The molecule has 3 heterocycles. The van der Waals surface area contributed by atoms with Gasteiger partial charge >= 0.3 is 5.97 Å². The summed E-state index contributed by atoms with van der Waals surface area (Å²) in [5.74, 6) is -2.12. The zero-order valence-corrected chi connectivity index (χ0v) is 24.3. The fraction of sp³-hybridized carbons (Fsp3) is 0.852. The van der Waals surface area contributed by atoms with E-state index in [0.717, 1.165) is 0 Å². The normalized spacial score (nSPS) is 31.3. The summed E-state index contributed by atoms with van der Waals surface area (Å²) < 4.78 is 22.2. The highest BCUT2D eigenvalue weighted by molar-refractivity contribution is 6.01. The number of aliphatic hydroxyl groups is 5. The summed E-state index contributed by atoms with van der Waals surface area (Å²) in [7, 11) is 0. The van der Waals surface area contributed by atoms with Crippen LogP contribution in [0.25, 0.3) is 0 Å². The summed E-state index contributed by atoms with van der Waals surface area (Å²) in [4.78, 5) is 54.6. The molecule has 0 aliphatic carbocycles. The van der Waals surface area contributed by atoms with E-state index in [1.165, 1.54) is 4.90 Å². The van der Waals surface area contributed by atoms with Crippen molar-refractivity contribution in [1.29, 1.82) is 0 Å². The monoisotopic (exact) mass is 620 g/mol. The van der Waals surface area contributed by atoms with Crippen molar-refractivity contribution >= 4 is 23.7 Å². The SMILES string of the molecule is C[C@H]1CC[C@H](O)[C@H](OCCN(CCCO[C@H]2O[C@H](CO)[C@@H](O)[C@H](O)[C@@H]2O)C(=O)CCCCC(=O)ON2C(=O)CCC2=O)O1. The third kappa shape index (κ3) is 10.4. The largest absolute Gasteiger partial charge is 0.394 e. The topological polar surface area (TPSA) is 222 Å². The second-order valence-corrected chi connectivity index (χ2v) is 10.9. The quantitative estimate of drug-likeness (QED) is 0.0939. The average Bonchev–Trinajstić information content (AvgIpc) is 3.29. The highest BCUT2D eigenvalue weighted by atomic mass is 16.7. The number of carbonyl (C=O) groups excluding carboxylic acids is 4. The lowest BCUT2D eigenvalue weighted by atomic mass is 9.99. The molecule has 16 nitrogen and oxygen atoms in total. The molecule has 3 aliphatic rings. The van der Waals surface area contributed by atoms with Crippen LogP contribution < -0.4 is 0 Å². The van der Waals surface area contributed by atoms with Crippen LogP contribution in [0.3, 0.4) is 0 Å². The standard InChI is InChI=1S/C27H44N2O14/c1-16-7-8-17(31)26(41-16)40-14-12-28(11-4-13-39-27-25(38)24(37)23(36)18(15-30)42-27)19(32)5-2-3-6-22(35)43-29-20(33)9-10-21(29)34/h16-18,23-27,30-31,36-38H,2-15H2,1H3/t16-,17-,18+,23+,24-,25-,26+,27-/m0/s1. The molecular formula is C27H44N2O14. The van der Waals surface area contributed by atoms with Crippen LogP contribution in [0.2, 0.25) is 0 Å². The van der Waals surface area contributed by atoms with Gasteiger partial charge in [0.15, 0.2) is 12.6 Å². The molecular weight excluding hydrogens is 576 g/mol. The van der Waals surface area contributed by atoms with Crippen molar-refractivity contribution < 1.29 is 68.5 Å². The van der Waals surface area contributed by atoms with Crippen molar-refractivity contribution in [1.82, 2.24) is 9.96 Å². The van der Waals surface area contributed by atoms with E-state index >= 15 is 0 Å². The zero-order valence-electron chi connectivity index (χ0n) is 24.3. The lowest BCUT2D eigenvalue weighted by Crippen LogP contribution is -2.59. The van der Waals surface area contributed by atoms with Gasteiger partial charge in [0.25, 0.3) is 11.8 Å². The molecule has 0 aromatic carbocycles. The van der Waals surface area contributed by atoms with E-state index in [9.17, 15) is 44.7 Å². The van der Waals surface area contributed by atoms with Crippen molar-refractivity contribution in [3.8, 4) is 0 Å². The number of amides is 3. The molecule has 3 saturated heterocycles. The van der Waals surface area contributed by atoms with Crippen LogP contribution in [0, 0.1) is 0 Å². The Balaban J connectivity index is 1.45. The molecule has 0 spiro atoms. The fourth-order valence-corrected chi connectivity index (χ4v) is 4.89. The van der Waals surface area contributed by atoms with Crippen molar-refractivity contribution in [3.05, 3.63) is 0 Å². The van der Waals surface area contributed by atoms with E-state index in [0.29, 0.717) is 30.7 Å². The lowest BCUT2D eigenvalue weighted by Gasteiger charge is -2.39. The summed E-state index contributed by atoms with van der Waals surface area (Å²) in [5, 5.41) is 49.9. The highest BCUT2D eigenvalue weighted by Gasteiger charge is 2.44. The molecule has 43 heavy (non-hydrogen) atoms. The predicted molar refractivity (Wildman–Crippen MR) is 142 cm³/mol. The van der Waals surface area contributed by atoms with Crippen LogP contribution in [0.5, 0.6) is 0 Å². The molecule has 0 unspecified atom stereocenters. The number of unbranched alkanes of at least 4 members (excludes halogenated alkanes) is 1. The molecule has 3 fully saturated rings. The van der Waals surface area contributed by atoms with Gasteiger partial charge in [-0.05, 0) is 39.0 Å². The number of hydroxylamine groups is 2. The molecule has 3 aliphatic heterocycles. The molecule has 0 bridgehead atoms. The molecule has 8 atom stereocenters. The second kappa shape index (κ2) is 17.3. The average molecular weight is 621 g/mol. The first-order valence-corrected chi connectivity index (χ1v) is 14.7. The first kappa shape index (κ1) is 35.2. The van der Waals surface area contributed by atoms with Crippen LogP contribution >= 0.6 is 0 Å². The van der Waals surface area contributed by atoms with Crippen molar-refractivity contribution in [3.63, 3.8) is 0 Å². The number of ether oxygens (including phenoxy) is 4. The summed E-state index contributed by atoms with van der Waals surface area (Å²) in [6.07, 6.45) is -6.52. The van der Waals surface area contributed by atoms with Crippen LogP contribution in [0.4, 0.5) is 0 Å². The van der Waals surface area contributed by atoms with Gasteiger partial charge in [-0.15, -0.1) is 5.06 Å². The highest BCUT2D eigenvalue weighted by Crippen LogP contribution is 2.23. The van der Waals surface area contributed by atoms with E-state index in [1.807, 2.05) is 6.92 Å². The Morgan fingerprint density at radius 1 is 0.860 bits per heavy atom. The molecule has 0 aromatic rings. The fourth-order valence-electron chi connectivity index (χ4n) is 4.89. The van der Waals surface area contributed by atoms with E-state index in [-0.39, 0.29) is 70.4 Å². The number of hydrogen-bond acceptors (Lipinski definition) is 14. The molecule has 0 aromatic heterocycles. The Kier molecular flexibility index (Phi) is 14.1. The Morgan fingerprint density at radius 3 is 2.23 bits per heavy atom. The van der Waals surface area contributed by atoms with Gasteiger partial charge in [0, 0.05) is 38.8 Å². The summed E-state index contributed by atoms with van der Waals surface area (Å²) >= 11 is 0. The van der Waals surface area contributed by atoms with Gasteiger partial charge in [-0.2, -0.15) is 0 Å². The van der Waals surface area contributed by atoms with Crippen molar-refractivity contribution in [2.24, 2.45) is 0 Å². The maximum atomic E-state index is 13.0. The van der Waals surface area contributed by atoms with Crippen molar-refractivity contribution in [2.45, 2.75) is 114 Å². The van der Waals surface area contributed by atoms with E-state index in [1.54, 1.807) is 0 Å². The number of rotatable bonds is 16. The Bertz CT molecular complexity index is 919. The number of carbonyl (C=O) groups is 4. The van der Waals surface area contributed by atoms with E-state index < -0.39 is 67.5 Å². The van der Waals surface area contributed by atoms with Gasteiger partial charge in [0.05, 0.1) is 25.9 Å². The number of hydrogen-bond donors (Lipinski definition) is 5. The van der Waals surface area contributed by atoms with Crippen LogP contribution in [0.1, 0.15) is 64.7 Å². The maximum absolute atomic E-state index is 13.0. The van der Waals surface area contributed by atoms with Gasteiger partial charge in [0.2, 0.25) is 5.91 Å². The number of nitrogens with zero attached hydrogens (tertiary/aromatic N) is 2. The van der Waals surface area contributed by atoms with Crippen molar-refractivity contribution in [2.75, 3.05) is 32.9 Å². The molecule has 0 saturated carbocycles. The molecule has 3 amide bonds. The van der Waals surface area contributed by atoms with Gasteiger partial charge < -0.3 is 54.2 Å². The second-order valence-electron chi connectivity index (χ2n) is 10.9. The number of imide groups is 1. The van der Waals surface area contributed by atoms with Gasteiger partial charge in [0.1, 0.15) is 30.5 Å². The summed E-state index contributed by atoms with van der Waals surface area (Å²) in [6, 6.07) is 0. The lowest BCUT2D eigenvalue weighted by molar-refractivity contribution is -0.301. The summed E-state index contributed by atoms with van der Waals surface area (Å²) in [6.45, 7) is 1.76. The molecule has 5 N–H and O–H groups in total. The van der Waals surface area contributed by atoms with Crippen LogP contribution in [-0.2, 0) is 43.0 Å². The van der Waals surface area contributed by atoms with Gasteiger partial charge in [-0.1, -0.05) is 0 Å². The third-order valence-electron chi connectivity index (χ3n) is 7.47. The van der Waals surface area contributed by atoms with Crippen LogP contribution in [0.15, 0.2) is 0 Å². The minimum atomic E-state index is -1.57. The smallest absolute Gasteiger partial charge is 0.333 e.